The maximum atomic E-state index is 12.2. The van der Waals surface area contributed by atoms with Gasteiger partial charge in [0.2, 0.25) is 0 Å². The Morgan fingerprint density at radius 3 is 2.50 bits per heavy atom. The number of anilines is 1. The molecule has 134 valence electrons. The minimum Gasteiger partial charge on any atom is -0.772 e. The van der Waals surface area contributed by atoms with Crippen molar-refractivity contribution in [1.82, 2.24) is 9.97 Å². The lowest BCUT2D eigenvalue weighted by atomic mass is 9.98. The lowest BCUT2D eigenvalue weighted by Crippen LogP contribution is -2.11. The molecule has 1 atom stereocenters. The number of aromatic nitrogens is 2. The molecule has 0 fully saturated rings. The molecule has 0 aliphatic rings. The van der Waals surface area contributed by atoms with Gasteiger partial charge in [0.15, 0.2) is 5.13 Å². The van der Waals surface area contributed by atoms with E-state index in [1.54, 1.807) is 24.5 Å². The van der Waals surface area contributed by atoms with E-state index in [0.717, 1.165) is 27.9 Å². The number of benzene rings is 1. The third-order valence-corrected chi connectivity index (χ3v) is 5.13. The Bertz CT molecular complexity index is 948. The van der Waals surface area contributed by atoms with Crippen molar-refractivity contribution in [1.29, 1.82) is 0 Å². The predicted molar refractivity (Wildman–Crippen MR) is 102 cm³/mol. The van der Waals surface area contributed by atoms with E-state index in [-0.39, 0.29) is 11.7 Å². The average Bonchev–Trinajstić information content (AvgIpc) is 3.02. The molecule has 0 radical (unpaired) electrons. The minimum atomic E-state index is -2.12. The molecule has 2 aromatic heterocycles. The van der Waals surface area contributed by atoms with E-state index in [0.29, 0.717) is 10.7 Å². The third kappa shape index (κ3) is 4.21. The first-order valence-corrected chi connectivity index (χ1v) is 9.89. The number of hydrogen-bond donors (Lipinski definition) is 1. The molecule has 0 aliphatic carbocycles. The molecule has 0 saturated heterocycles. The second-order valence-electron chi connectivity index (χ2n) is 5.78. The molecule has 3 rings (SSSR count). The standard InChI is InChI=1S/C18H17N3O3S2/c1-11-7-13(10-26(23)24)8-12(2)16(11)15-9-25-18(20-15)21-17(22)14-3-5-19-6-4-14/h3-9H,10H2,1-2H3,(H,23,24)(H,20,21,22)/p-1. The first-order valence-electron chi connectivity index (χ1n) is 7.77. The van der Waals surface area contributed by atoms with Crippen molar-refractivity contribution < 1.29 is 13.6 Å². The first-order chi connectivity index (χ1) is 12.4. The number of hydrogen-bond acceptors (Lipinski definition) is 6. The summed E-state index contributed by atoms with van der Waals surface area (Å²) in [6, 6.07) is 6.98. The summed E-state index contributed by atoms with van der Waals surface area (Å²) in [5.74, 6) is -0.248. The van der Waals surface area contributed by atoms with Crippen molar-refractivity contribution in [2.45, 2.75) is 19.6 Å². The van der Waals surface area contributed by atoms with Crippen LogP contribution in [0.25, 0.3) is 11.3 Å². The Kier molecular flexibility index (Phi) is 5.55. The molecular weight excluding hydrogens is 370 g/mol. The van der Waals surface area contributed by atoms with Crippen molar-refractivity contribution >= 4 is 33.5 Å². The zero-order valence-corrected chi connectivity index (χ0v) is 15.8. The predicted octanol–water partition coefficient (Wildman–Crippen LogP) is 3.45. The molecule has 26 heavy (non-hydrogen) atoms. The molecule has 2 heterocycles. The molecule has 8 heteroatoms. The van der Waals surface area contributed by atoms with Crippen LogP contribution in [-0.4, -0.2) is 24.6 Å². The summed E-state index contributed by atoms with van der Waals surface area (Å²) in [7, 11) is 0. The highest BCUT2D eigenvalue weighted by atomic mass is 32.2. The maximum absolute atomic E-state index is 12.2. The molecule has 1 N–H and O–H groups in total. The number of aryl methyl sites for hydroxylation is 2. The third-order valence-electron chi connectivity index (χ3n) is 3.80. The summed E-state index contributed by atoms with van der Waals surface area (Å²) in [6.07, 6.45) is 3.12. The van der Waals surface area contributed by atoms with Crippen molar-refractivity contribution in [3.05, 3.63) is 64.3 Å². The van der Waals surface area contributed by atoms with E-state index in [2.05, 4.69) is 15.3 Å². The molecule has 1 unspecified atom stereocenters. The Hall–Kier alpha value is -2.42. The van der Waals surface area contributed by atoms with Gasteiger partial charge in [-0.05, 0) is 42.7 Å². The van der Waals surface area contributed by atoms with Crippen molar-refractivity contribution in [2.24, 2.45) is 0 Å². The number of pyridine rings is 1. The van der Waals surface area contributed by atoms with Crippen molar-refractivity contribution in [3.63, 3.8) is 0 Å². The summed E-state index contributed by atoms with van der Waals surface area (Å²) < 4.78 is 21.8. The SMILES string of the molecule is Cc1cc(CS(=O)[O-])cc(C)c1-c1csc(NC(=O)c2ccncc2)n1. The van der Waals surface area contributed by atoms with Crippen LogP contribution in [0.3, 0.4) is 0 Å². The summed E-state index contributed by atoms with van der Waals surface area (Å²) in [5.41, 5.74) is 4.86. The van der Waals surface area contributed by atoms with Crippen LogP contribution in [0.2, 0.25) is 0 Å². The lowest BCUT2D eigenvalue weighted by Gasteiger charge is -2.12. The van der Waals surface area contributed by atoms with Crippen LogP contribution in [0.1, 0.15) is 27.0 Å². The average molecular weight is 386 g/mol. The van der Waals surface area contributed by atoms with Crippen LogP contribution < -0.4 is 5.32 Å². The fourth-order valence-corrected chi connectivity index (χ4v) is 3.93. The highest BCUT2D eigenvalue weighted by molar-refractivity contribution is 7.78. The number of nitrogens with one attached hydrogen (secondary N) is 1. The molecule has 1 aromatic carbocycles. The van der Waals surface area contributed by atoms with Gasteiger partial charge >= 0.3 is 0 Å². The van der Waals surface area contributed by atoms with E-state index in [9.17, 15) is 13.6 Å². The minimum absolute atomic E-state index is 0.00767. The van der Waals surface area contributed by atoms with E-state index in [1.807, 2.05) is 31.4 Å². The van der Waals surface area contributed by atoms with Gasteiger partial charge in [-0.1, -0.05) is 23.2 Å². The van der Waals surface area contributed by atoms with Gasteiger partial charge in [-0.25, -0.2) is 4.98 Å². The number of amides is 1. The normalized spacial score (nSPS) is 12.0. The summed E-state index contributed by atoms with van der Waals surface area (Å²) >= 11 is -0.778. The molecule has 1 amide bonds. The fraction of sp³-hybridized carbons (Fsp3) is 0.167. The molecule has 0 bridgehead atoms. The zero-order chi connectivity index (χ0) is 18.7. The Morgan fingerprint density at radius 2 is 1.88 bits per heavy atom. The highest BCUT2D eigenvalue weighted by Crippen LogP contribution is 2.31. The molecule has 6 nitrogen and oxygen atoms in total. The molecular formula is C18H16N3O3S2-. The fourth-order valence-electron chi connectivity index (χ4n) is 2.80. The van der Waals surface area contributed by atoms with Crippen LogP contribution in [0.5, 0.6) is 0 Å². The van der Waals surface area contributed by atoms with Gasteiger partial charge in [0, 0.05) is 34.7 Å². The largest absolute Gasteiger partial charge is 0.772 e. The van der Waals surface area contributed by atoms with Gasteiger partial charge in [0.1, 0.15) is 0 Å². The monoisotopic (exact) mass is 386 g/mol. The van der Waals surface area contributed by atoms with Crippen LogP contribution in [0.15, 0.2) is 42.0 Å². The zero-order valence-electron chi connectivity index (χ0n) is 14.2. The van der Waals surface area contributed by atoms with Crippen LogP contribution in [0, 0.1) is 13.8 Å². The van der Waals surface area contributed by atoms with Gasteiger partial charge < -0.3 is 4.55 Å². The summed E-state index contributed by atoms with van der Waals surface area (Å²) in [4.78, 5) is 20.6. The van der Waals surface area contributed by atoms with E-state index in [4.69, 9.17) is 0 Å². The number of nitrogens with zero attached hydrogens (tertiary/aromatic N) is 2. The molecule has 0 spiro atoms. The Balaban J connectivity index is 1.84. The Morgan fingerprint density at radius 1 is 1.23 bits per heavy atom. The summed E-state index contributed by atoms with van der Waals surface area (Å²) in [6.45, 7) is 3.85. The van der Waals surface area contributed by atoms with Crippen molar-refractivity contribution in [3.8, 4) is 11.3 Å². The Labute approximate surface area is 157 Å². The number of carbonyl (C=O) groups is 1. The second-order valence-corrected chi connectivity index (χ2v) is 7.53. The van der Waals surface area contributed by atoms with Crippen LogP contribution >= 0.6 is 11.3 Å². The van der Waals surface area contributed by atoms with Crippen molar-refractivity contribution in [2.75, 3.05) is 5.32 Å². The van der Waals surface area contributed by atoms with E-state index in [1.165, 1.54) is 11.3 Å². The van der Waals surface area contributed by atoms with Gasteiger partial charge in [0.25, 0.3) is 5.91 Å². The van der Waals surface area contributed by atoms with Gasteiger partial charge in [-0.3, -0.25) is 19.3 Å². The number of thiazole rings is 1. The van der Waals surface area contributed by atoms with E-state index < -0.39 is 11.1 Å². The number of rotatable bonds is 5. The maximum Gasteiger partial charge on any atom is 0.257 e. The van der Waals surface area contributed by atoms with Gasteiger partial charge in [-0.2, -0.15) is 0 Å². The molecule has 0 saturated carbocycles. The van der Waals surface area contributed by atoms with E-state index >= 15 is 0 Å². The van der Waals surface area contributed by atoms with Gasteiger partial charge in [0.05, 0.1) is 5.69 Å². The summed E-state index contributed by atoms with van der Waals surface area (Å²) in [5, 5.41) is 5.17. The molecule has 0 aliphatic heterocycles. The van der Waals surface area contributed by atoms with Gasteiger partial charge in [-0.15, -0.1) is 11.3 Å². The second kappa shape index (κ2) is 7.86. The smallest absolute Gasteiger partial charge is 0.257 e. The first kappa shape index (κ1) is 18.4. The van der Waals surface area contributed by atoms with Crippen LogP contribution in [-0.2, 0) is 16.8 Å². The highest BCUT2D eigenvalue weighted by Gasteiger charge is 2.13. The number of carbonyl (C=O) groups excluding carboxylic acids is 1. The molecule has 3 aromatic rings. The van der Waals surface area contributed by atoms with Crippen LogP contribution in [0.4, 0.5) is 5.13 Å². The quantitative estimate of drug-likeness (QED) is 0.678. The topological polar surface area (TPSA) is 95.0 Å². The lowest BCUT2D eigenvalue weighted by molar-refractivity contribution is 0.102.